The van der Waals surface area contributed by atoms with Crippen molar-refractivity contribution in [3.8, 4) is 0 Å². The van der Waals surface area contributed by atoms with Gasteiger partial charge in [-0.2, -0.15) is 0 Å². The summed E-state index contributed by atoms with van der Waals surface area (Å²) in [6, 6.07) is 15.1. The Labute approximate surface area is 161 Å². The number of hydrogen-bond acceptors (Lipinski definition) is 5. The predicted octanol–water partition coefficient (Wildman–Crippen LogP) is 2.36. The van der Waals surface area contributed by atoms with Crippen LogP contribution in [0, 0.1) is 0 Å². The van der Waals surface area contributed by atoms with Crippen LogP contribution in [-0.2, 0) is 10.0 Å². The van der Waals surface area contributed by atoms with Crippen LogP contribution in [0.2, 0.25) is 0 Å². The number of sulfonamides is 1. The van der Waals surface area contributed by atoms with Crippen LogP contribution in [0.5, 0.6) is 0 Å². The van der Waals surface area contributed by atoms with E-state index in [-0.39, 0.29) is 9.77 Å². The van der Waals surface area contributed by atoms with Crippen LogP contribution in [-0.4, -0.2) is 44.5 Å². The van der Waals surface area contributed by atoms with Crippen molar-refractivity contribution in [1.29, 1.82) is 0 Å². The van der Waals surface area contributed by atoms with Gasteiger partial charge in [0.15, 0.2) is 0 Å². The van der Waals surface area contributed by atoms with Crippen LogP contribution >= 0.6 is 11.3 Å². The van der Waals surface area contributed by atoms with Gasteiger partial charge in [0, 0.05) is 19.6 Å². The molecule has 0 spiro atoms. The van der Waals surface area contributed by atoms with E-state index in [2.05, 4.69) is 38.9 Å². The summed E-state index contributed by atoms with van der Waals surface area (Å²) in [5, 5.41) is 0. The average molecular weight is 404 g/mol. The van der Waals surface area contributed by atoms with Crippen molar-refractivity contribution >= 4 is 31.6 Å². The molecular formula is C19H21N3O3S2. The summed E-state index contributed by atoms with van der Waals surface area (Å²) in [7, 11) is -3.59. The molecule has 1 atom stereocenters. The molecule has 1 aliphatic heterocycles. The zero-order chi connectivity index (χ0) is 18.9. The van der Waals surface area contributed by atoms with Gasteiger partial charge in [0.2, 0.25) is 10.0 Å². The molecule has 2 heterocycles. The van der Waals surface area contributed by atoms with E-state index < -0.39 is 10.0 Å². The second-order valence-electron chi connectivity index (χ2n) is 6.77. The number of thiazole rings is 1. The maximum atomic E-state index is 12.5. The van der Waals surface area contributed by atoms with Crippen LogP contribution in [0.15, 0.2) is 58.2 Å². The van der Waals surface area contributed by atoms with Gasteiger partial charge in [-0.15, -0.1) is 0 Å². The van der Waals surface area contributed by atoms with E-state index in [0.717, 1.165) is 30.8 Å². The second kappa shape index (κ2) is 7.55. The standard InChI is InChI=1S/C19H21N3O3S2/c23-19-21-17-7-6-16(12-18(17)26-19)27(24,25)20-9-11-22-10-8-15(13-22)14-4-2-1-3-5-14/h1-7,12,15,20H,8-11,13H2,(H,21,23)/t15-/m0/s1. The number of nitrogens with one attached hydrogen (secondary N) is 2. The molecule has 2 aromatic carbocycles. The van der Waals surface area contributed by atoms with Crippen molar-refractivity contribution < 1.29 is 8.42 Å². The molecule has 0 bridgehead atoms. The summed E-state index contributed by atoms with van der Waals surface area (Å²) < 4.78 is 28.4. The maximum absolute atomic E-state index is 12.5. The normalized spacial score (nSPS) is 18.3. The molecule has 1 aromatic heterocycles. The number of likely N-dealkylation sites (tertiary alicyclic amines) is 1. The fourth-order valence-corrected chi connectivity index (χ4v) is 5.44. The summed E-state index contributed by atoms with van der Waals surface area (Å²) in [5.41, 5.74) is 2.01. The third-order valence-corrected chi connectivity index (χ3v) is 7.27. The molecule has 4 rings (SSSR count). The number of nitrogens with zero attached hydrogens (tertiary/aromatic N) is 1. The first-order chi connectivity index (χ1) is 13.0. The van der Waals surface area contributed by atoms with Crippen molar-refractivity contribution in [1.82, 2.24) is 14.6 Å². The Morgan fingerprint density at radius 1 is 1.19 bits per heavy atom. The highest BCUT2D eigenvalue weighted by Crippen LogP contribution is 2.26. The Morgan fingerprint density at radius 3 is 2.81 bits per heavy atom. The van der Waals surface area contributed by atoms with Crippen molar-refractivity contribution in [3.05, 3.63) is 63.8 Å². The Kier molecular flexibility index (Phi) is 5.14. The van der Waals surface area contributed by atoms with Crippen molar-refractivity contribution in [2.75, 3.05) is 26.2 Å². The lowest BCUT2D eigenvalue weighted by molar-refractivity contribution is 0.339. The first-order valence-electron chi connectivity index (χ1n) is 8.91. The summed E-state index contributed by atoms with van der Waals surface area (Å²) in [6.45, 7) is 2.98. The van der Waals surface area contributed by atoms with E-state index in [9.17, 15) is 13.2 Å². The average Bonchev–Trinajstić information content (AvgIpc) is 3.27. The van der Waals surface area contributed by atoms with Crippen LogP contribution in [0.3, 0.4) is 0 Å². The predicted molar refractivity (Wildman–Crippen MR) is 108 cm³/mol. The van der Waals surface area contributed by atoms with Crippen LogP contribution in [0.1, 0.15) is 17.9 Å². The fourth-order valence-electron chi connectivity index (χ4n) is 3.55. The van der Waals surface area contributed by atoms with E-state index in [4.69, 9.17) is 0 Å². The summed E-state index contributed by atoms with van der Waals surface area (Å²) in [5.74, 6) is 0.515. The van der Waals surface area contributed by atoms with E-state index in [0.29, 0.717) is 29.2 Å². The number of hydrogen-bond donors (Lipinski definition) is 2. The van der Waals surface area contributed by atoms with E-state index in [1.165, 1.54) is 11.6 Å². The van der Waals surface area contributed by atoms with Crippen molar-refractivity contribution in [2.45, 2.75) is 17.2 Å². The van der Waals surface area contributed by atoms with Gasteiger partial charge in [-0.05, 0) is 42.6 Å². The highest BCUT2D eigenvalue weighted by atomic mass is 32.2. The largest absolute Gasteiger partial charge is 0.312 e. The SMILES string of the molecule is O=c1[nH]c2ccc(S(=O)(=O)NCCN3CC[C@H](c4ccccc4)C3)cc2s1. The van der Waals surface area contributed by atoms with E-state index in [1.54, 1.807) is 12.1 Å². The van der Waals surface area contributed by atoms with Gasteiger partial charge in [0.05, 0.1) is 15.1 Å². The van der Waals surface area contributed by atoms with Crippen molar-refractivity contribution in [2.24, 2.45) is 0 Å². The van der Waals surface area contributed by atoms with Crippen LogP contribution in [0.4, 0.5) is 0 Å². The Morgan fingerprint density at radius 2 is 2.00 bits per heavy atom. The molecule has 1 fully saturated rings. The van der Waals surface area contributed by atoms with E-state index >= 15 is 0 Å². The number of benzene rings is 2. The number of fused-ring (bicyclic) bond motifs is 1. The van der Waals surface area contributed by atoms with Gasteiger partial charge in [-0.1, -0.05) is 41.7 Å². The topological polar surface area (TPSA) is 82.3 Å². The molecule has 6 nitrogen and oxygen atoms in total. The number of H-pyrrole nitrogens is 1. The van der Waals surface area contributed by atoms with Gasteiger partial charge in [-0.25, -0.2) is 13.1 Å². The molecule has 2 N–H and O–H groups in total. The molecule has 0 unspecified atom stereocenters. The lowest BCUT2D eigenvalue weighted by Gasteiger charge is -2.16. The minimum atomic E-state index is -3.59. The Balaban J connectivity index is 1.34. The number of aromatic nitrogens is 1. The highest BCUT2D eigenvalue weighted by Gasteiger charge is 2.24. The molecule has 0 saturated carbocycles. The number of rotatable bonds is 6. The molecule has 8 heteroatoms. The molecule has 1 saturated heterocycles. The van der Waals surface area contributed by atoms with Gasteiger partial charge in [0.25, 0.3) is 0 Å². The van der Waals surface area contributed by atoms with E-state index in [1.807, 2.05) is 6.07 Å². The summed E-state index contributed by atoms with van der Waals surface area (Å²) in [4.78, 5) is 16.4. The molecule has 1 aliphatic rings. The number of aromatic amines is 1. The second-order valence-corrected chi connectivity index (χ2v) is 9.55. The molecule has 0 radical (unpaired) electrons. The zero-order valence-electron chi connectivity index (χ0n) is 14.7. The summed E-state index contributed by atoms with van der Waals surface area (Å²) in [6.07, 6.45) is 1.10. The van der Waals surface area contributed by atoms with Crippen LogP contribution < -0.4 is 9.60 Å². The Bertz CT molecular complexity index is 1090. The molecule has 142 valence electrons. The molecule has 0 aliphatic carbocycles. The van der Waals surface area contributed by atoms with Gasteiger partial charge >= 0.3 is 4.87 Å². The third kappa shape index (κ3) is 4.14. The lowest BCUT2D eigenvalue weighted by Crippen LogP contribution is -2.33. The molecular weight excluding hydrogens is 382 g/mol. The van der Waals surface area contributed by atoms with Crippen molar-refractivity contribution in [3.63, 3.8) is 0 Å². The first kappa shape index (κ1) is 18.4. The smallest absolute Gasteiger partial charge is 0.305 e. The minimum absolute atomic E-state index is 0.186. The minimum Gasteiger partial charge on any atom is -0.312 e. The monoisotopic (exact) mass is 403 g/mol. The van der Waals surface area contributed by atoms with Gasteiger partial charge in [-0.3, -0.25) is 4.79 Å². The fraction of sp³-hybridized carbons (Fsp3) is 0.316. The summed E-state index contributed by atoms with van der Waals surface area (Å²) >= 11 is 1.01. The molecule has 27 heavy (non-hydrogen) atoms. The van der Waals surface area contributed by atoms with Gasteiger partial charge in [0.1, 0.15) is 0 Å². The molecule has 0 amide bonds. The van der Waals surface area contributed by atoms with Gasteiger partial charge < -0.3 is 9.88 Å². The quantitative estimate of drug-likeness (QED) is 0.662. The highest BCUT2D eigenvalue weighted by molar-refractivity contribution is 7.89. The van der Waals surface area contributed by atoms with Crippen LogP contribution in [0.25, 0.3) is 10.2 Å². The Hall–Kier alpha value is -2.00. The zero-order valence-corrected chi connectivity index (χ0v) is 16.4. The lowest BCUT2D eigenvalue weighted by atomic mass is 9.99. The first-order valence-corrected chi connectivity index (χ1v) is 11.2. The third-order valence-electron chi connectivity index (χ3n) is 4.97. The maximum Gasteiger partial charge on any atom is 0.305 e. The molecule has 3 aromatic rings.